The summed E-state index contributed by atoms with van der Waals surface area (Å²) in [5.74, 6) is -2.28. The van der Waals surface area contributed by atoms with Crippen molar-refractivity contribution in [1.82, 2.24) is 5.32 Å². The maximum Gasteiger partial charge on any atom is 0.330 e. The lowest BCUT2D eigenvalue weighted by atomic mass is 9.54. The summed E-state index contributed by atoms with van der Waals surface area (Å²) in [4.78, 5) is 24.5. The van der Waals surface area contributed by atoms with Gasteiger partial charge >= 0.3 is 5.97 Å². The van der Waals surface area contributed by atoms with Crippen LogP contribution in [0.3, 0.4) is 0 Å². The molecule has 24 heavy (non-hydrogen) atoms. The van der Waals surface area contributed by atoms with Gasteiger partial charge in [-0.25, -0.2) is 9.18 Å². The molecule has 2 rings (SSSR count). The van der Waals surface area contributed by atoms with Crippen molar-refractivity contribution in [3.8, 4) is 5.75 Å². The fraction of sp³-hybridized carbons (Fsp3) is 0.529. The Kier molecular flexibility index (Phi) is 4.85. The molecule has 2 atom stereocenters. The van der Waals surface area contributed by atoms with Crippen LogP contribution in [0.1, 0.15) is 37.6 Å². The van der Waals surface area contributed by atoms with Gasteiger partial charge in [0.2, 0.25) is 0 Å². The Morgan fingerprint density at radius 1 is 1.42 bits per heavy atom. The van der Waals surface area contributed by atoms with Crippen molar-refractivity contribution in [2.75, 3.05) is 13.7 Å². The third-order valence-corrected chi connectivity index (χ3v) is 4.86. The monoisotopic (exact) mass is 339 g/mol. The van der Waals surface area contributed by atoms with Crippen molar-refractivity contribution >= 4 is 11.9 Å². The van der Waals surface area contributed by atoms with Crippen molar-refractivity contribution < 1.29 is 28.6 Å². The van der Waals surface area contributed by atoms with Gasteiger partial charge in [0.15, 0.2) is 0 Å². The van der Waals surface area contributed by atoms with Crippen LogP contribution in [-0.2, 0) is 9.53 Å². The second-order valence-corrected chi connectivity index (χ2v) is 6.38. The van der Waals surface area contributed by atoms with E-state index in [1.807, 2.05) is 6.92 Å². The molecule has 0 saturated heterocycles. The molecule has 1 aliphatic carbocycles. The lowest BCUT2D eigenvalue weighted by molar-refractivity contribution is -0.190. The van der Waals surface area contributed by atoms with E-state index < -0.39 is 28.6 Å². The number of hydrogen-bond donors (Lipinski definition) is 2. The highest BCUT2D eigenvalue weighted by Gasteiger charge is 2.66. The number of aliphatic carboxylic acids is 1. The smallest absolute Gasteiger partial charge is 0.330 e. The summed E-state index contributed by atoms with van der Waals surface area (Å²) in [6.07, 6.45) is -0.139. The Morgan fingerprint density at radius 2 is 2.08 bits per heavy atom. The summed E-state index contributed by atoms with van der Waals surface area (Å²) in [5.41, 5.74) is -2.35. The van der Waals surface area contributed by atoms with Crippen LogP contribution in [0.2, 0.25) is 0 Å². The van der Waals surface area contributed by atoms with Crippen molar-refractivity contribution in [2.45, 2.75) is 38.8 Å². The molecule has 1 aromatic carbocycles. The van der Waals surface area contributed by atoms with Gasteiger partial charge in [-0.05, 0) is 25.1 Å². The molecule has 0 bridgehead atoms. The summed E-state index contributed by atoms with van der Waals surface area (Å²) in [6.45, 7) is 5.74. The Hall–Kier alpha value is -2.15. The number of carboxylic acid groups (broad SMARTS) is 1. The molecule has 1 aliphatic rings. The minimum atomic E-state index is -1.48. The first-order chi connectivity index (χ1) is 11.2. The highest BCUT2D eigenvalue weighted by Crippen LogP contribution is 2.51. The first-order valence-corrected chi connectivity index (χ1v) is 7.70. The highest BCUT2D eigenvalue weighted by molar-refractivity contribution is 6.00. The molecule has 0 aliphatic heterocycles. The molecule has 1 saturated carbocycles. The number of benzene rings is 1. The molecule has 0 radical (unpaired) electrons. The first-order valence-electron chi connectivity index (χ1n) is 7.70. The van der Waals surface area contributed by atoms with Gasteiger partial charge in [0.1, 0.15) is 17.1 Å². The predicted octanol–water partition coefficient (Wildman–Crippen LogP) is 2.22. The number of nitrogens with one attached hydrogen (secondary N) is 1. The minimum Gasteiger partial charge on any atom is -0.496 e. The summed E-state index contributed by atoms with van der Waals surface area (Å²) < 4.78 is 24.1. The number of amides is 1. The maximum absolute atomic E-state index is 13.5. The van der Waals surface area contributed by atoms with Crippen molar-refractivity contribution in [3.63, 3.8) is 0 Å². The highest BCUT2D eigenvalue weighted by atomic mass is 19.1. The van der Waals surface area contributed by atoms with E-state index in [-0.39, 0.29) is 23.8 Å². The van der Waals surface area contributed by atoms with Gasteiger partial charge < -0.3 is 19.9 Å². The van der Waals surface area contributed by atoms with Crippen LogP contribution in [0, 0.1) is 11.2 Å². The zero-order valence-electron chi connectivity index (χ0n) is 14.2. The molecule has 1 fully saturated rings. The molecule has 2 unspecified atom stereocenters. The van der Waals surface area contributed by atoms with Crippen LogP contribution in [0.15, 0.2) is 18.2 Å². The van der Waals surface area contributed by atoms with Gasteiger partial charge in [-0.15, -0.1) is 0 Å². The third-order valence-electron chi connectivity index (χ3n) is 4.86. The molecular weight excluding hydrogens is 317 g/mol. The number of carboxylic acids is 1. The van der Waals surface area contributed by atoms with Crippen LogP contribution < -0.4 is 10.1 Å². The number of methoxy groups -OCH3 is 1. The fourth-order valence-electron chi connectivity index (χ4n) is 3.16. The average Bonchev–Trinajstić information content (AvgIpc) is 2.53. The Balaban J connectivity index is 2.32. The number of carbonyl (C=O) groups excluding carboxylic acids is 1. The predicted molar refractivity (Wildman–Crippen MR) is 84.6 cm³/mol. The average molecular weight is 339 g/mol. The molecule has 1 aromatic rings. The minimum absolute atomic E-state index is 0.0474. The number of hydrogen-bond acceptors (Lipinski definition) is 4. The van der Waals surface area contributed by atoms with Crippen LogP contribution in [-0.4, -0.2) is 42.3 Å². The Bertz CT molecular complexity index is 660. The second kappa shape index (κ2) is 6.39. The fourth-order valence-corrected chi connectivity index (χ4v) is 3.16. The Labute approximate surface area is 139 Å². The van der Waals surface area contributed by atoms with E-state index in [0.717, 1.165) is 6.07 Å². The molecule has 0 aromatic heterocycles. The lowest BCUT2D eigenvalue weighted by Gasteiger charge is -2.58. The van der Waals surface area contributed by atoms with E-state index in [4.69, 9.17) is 9.47 Å². The summed E-state index contributed by atoms with van der Waals surface area (Å²) >= 11 is 0. The van der Waals surface area contributed by atoms with E-state index in [1.165, 1.54) is 19.2 Å². The van der Waals surface area contributed by atoms with Crippen LogP contribution in [0.25, 0.3) is 0 Å². The van der Waals surface area contributed by atoms with E-state index in [1.54, 1.807) is 13.8 Å². The Morgan fingerprint density at radius 3 is 2.58 bits per heavy atom. The summed E-state index contributed by atoms with van der Waals surface area (Å²) in [6, 6.07) is 3.52. The van der Waals surface area contributed by atoms with Crippen molar-refractivity contribution in [3.05, 3.63) is 29.6 Å². The van der Waals surface area contributed by atoms with Gasteiger partial charge in [0, 0.05) is 18.4 Å². The van der Waals surface area contributed by atoms with Crippen molar-refractivity contribution in [2.24, 2.45) is 5.41 Å². The quantitative estimate of drug-likeness (QED) is 0.830. The molecular formula is C17H22FNO5. The molecule has 7 heteroatoms. The van der Waals surface area contributed by atoms with Gasteiger partial charge in [-0.1, -0.05) is 13.8 Å². The summed E-state index contributed by atoms with van der Waals surface area (Å²) in [5, 5.41) is 12.3. The van der Waals surface area contributed by atoms with E-state index >= 15 is 0 Å². The SMILES string of the molecule is CCOC1CC(NC(=O)c2cc(F)ccc2OC)(C(=O)O)C1(C)C. The van der Waals surface area contributed by atoms with Crippen LogP contribution in [0.5, 0.6) is 5.75 Å². The molecule has 6 nitrogen and oxygen atoms in total. The standard InChI is InChI=1S/C17H22FNO5/c1-5-24-13-9-17(15(21)22,16(13,2)3)19-14(20)11-8-10(18)6-7-12(11)23-4/h6-8,13H,5,9H2,1-4H3,(H,19,20)(H,21,22). The van der Waals surface area contributed by atoms with Gasteiger partial charge in [0.05, 0.1) is 18.8 Å². The largest absolute Gasteiger partial charge is 0.496 e. The van der Waals surface area contributed by atoms with Gasteiger partial charge in [-0.2, -0.15) is 0 Å². The van der Waals surface area contributed by atoms with Gasteiger partial charge in [-0.3, -0.25) is 4.79 Å². The zero-order chi connectivity index (χ0) is 18.1. The summed E-state index contributed by atoms with van der Waals surface area (Å²) in [7, 11) is 1.36. The number of carbonyl (C=O) groups is 2. The topological polar surface area (TPSA) is 84.9 Å². The number of rotatable bonds is 6. The van der Waals surface area contributed by atoms with Crippen molar-refractivity contribution in [1.29, 1.82) is 0 Å². The second-order valence-electron chi connectivity index (χ2n) is 6.38. The van der Waals surface area contributed by atoms with Gasteiger partial charge in [0.25, 0.3) is 5.91 Å². The van der Waals surface area contributed by atoms with E-state index in [9.17, 15) is 19.1 Å². The normalized spacial score (nSPS) is 24.8. The lowest BCUT2D eigenvalue weighted by Crippen LogP contribution is -2.76. The van der Waals surface area contributed by atoms with E-state index in [2.05, 4.69) is 5.32 Å². The third kappa shape index (κ3) is 2.73. The molecule has 132 valence electrons. The molecule has 2 N–H and O–H groups in total. The van der Waals surface area contributed by atoms with E-state index in [0.29, 0.717) is 6.61 Å². The number of halogens is 1. The maximum atomic E-state index is 13.5. The van der Waals surface area contributed by atoms with Crippen LogP contribution in [0.4, 0.5) is 4.39 Å². The molecule has 0 spiro atoms. The van der Waals surface area contributed by atoms with Crippen LogP contribution >= 0.6 is 0 Å². The zero-order valence-corrected chi connectivity index (χ0v) is 14.2. The first kappa shape index (κ1) is 18.2. The number of ether oxygens (including phenoxy) is 2. The molecule has 0 heterocycles. The molecule has 1 amide bonds.